The lowest BCUT2D eigenvalue weighted by Crippen LogP contribution is -2.05. The summed E-state index contributed by atoms with van der Waals surface area (Å²) in [6.45, 7) is 3.82. The molecule has 19 heavy (non-hydrogen) atoms. The SMILES string of the molecule is CCOC(=O)c1csc(Nc2c(C)cccc2F)n1. The maximum absolute atomic E-state index is 13.6. The first-order valence-electron chi connectivity index (χ1n) is 5.76. The molecule has 0 amide bonds. The van der Waals surface area contributed by atoms with Crippen molar-refractivity contribution < 1.29 is 13.9 Å². The predicted molar refractivity (Wildman–Crippen MR) is 72.5 cm³/mol. The molecule has 0 spiro atoms. The monoisotopic (exact) mass is 280 g/mol. The molecule has 0 bridgehead atoms. The summed E-state index contributed by atoms with van der Waals surface area (Å²) in [4.78, 5) is 15.5. The first kappa shape index (κ1) is 13.5. The summed E-state index contributed by atoms with van der Waals surface area (Å²) in [5.41, 5.74) is 1.36. The van der Waals surface area contributed by atoms with Gasteiger partial charge < -0.3 is 10.1 Å². The molecule has 0 unspecified atom stereocenters. The summed E-state index contributed by atoms with van der Waals surface area (Å²) in [7, 11) is 0. The van der Waals surface area contributed by atoms with Gasteiger partial charge in [0.15, 0.2) is 10.8 Å². The van der Waals surface area contributed by atoms with E-state index in [1.54, 1.807) is 31.4 Å². The van der Waals surface area contributed by atoms with Gasteiger partial charge in [0, 0.05) is 5.38 Å². The average molecular weight is 280 g/mol. The number of nitrogens with zero attached hydrogens (tertiary/aromatic N) is 1. The van der Waals surface area contributed by atoms with E-state index in [2.05, 4.69) is 10.3 Å². The standard InChI is InChI=1S/C13H13FN2O2S/c1-3-18-12(17)10-7-19-13(15-10)16-11-8(2)5-4-6-9(11)14/h4-7H,3H2,1-2H3,(H,15,16). The number of esters is 1. The van der Waals surface area contributed by atoms with E-state index in [4.69, 9.17) is 4.74 Å². The number of carbonyl (C=O) groups is 1. The molecule has 0 radical (unpaired) electrons. The Labute approximate surface area is 114 Å². The number of aryl methyl sites for hydroxylation is 1. The van der Waals surface area contributed by atoms with Crippen LogP contribution in [0.2, 0.25) is 0 Å². The Hall–Kier alpha value is -1.95. The van der Waals surface area contributed by atoms with Gasteiger partial charge in [-0.3, -0.25) is 0 Å². The van der Waals surface area contributed by atoms with Gasteiger partial charge in [-0.25, -0.2) is 14.2 Å². The van der Waals surface area contributed by atoms with E-state index >= 15 is 0 Å². The van der Waals surface area contributed by atoms with Crippen molar-refractivity contribution in [2.24, 2.45) is 0 Å². The van der Waals surface area contributed by atoms with Crippen molar-refractivity contribution in [3.63, 3.8) is 0 Å². The topological polar surface area (TPSA) is 51.2 Å². The van der Waals surface area contributed by atoms with Gasteiger partial charge in [-0.1, -0.05) is 12.1 Å². The number of carbonyl (C=O) groups excluding carboxylic acids is 1. The Morgan fingerprint density at radius 3 is 3.00 bits per heavy atom. The van der Waals surface area contributed by atoms with Crippen LogP contribution >= 0.6 is 11.3 Å². The molecule has 0 aliphatic heterocycles. The van der Waals surface area contributed by atoms with Gasteiger partial charge in [-0.2, -0.15) is 0 Å². The Bertz CT molecular complexity index is 578. The zero-order valence-electron chi connectivity index (χ0n) is 10.6. The van der Waals surface area contributed by atoms with Crippen molar-refractivity contribution in [3.8, 4) is 0 Å². The molecule has 0 saturated heterocycles. The number of ether oxygens (including phenoxy) is 1. The number of hydrogen-bond acceptors (Lipinski definition) is 5. The minimum Gasteiger partial charge on any atom is -0.461 e. The number of anilines is 2. The van der Waals surface area contributed by atoms with Crippen molar-refractivity contribution >= 4 is 28.1 Å². The summed E-state index contributed by atoms with van der Waals surface area (Å²) >= 11 is 1.23. The largest absolute Gasteiger partial charge is 0.461 e. The second-order valence-corrected chi connectivity index (χ2v) is 4.67. The highest BCUT2D eigenvalue weighted by molar-refractivity contribution is 7.14. The van der Waals surface area contributed by atoms with Crippen LogP contribution in [0.15, 0.2) is 23.6 Å². The van der Waals surface area contributed by atoms with Gasteiger partial charge in [-0.15, -0.1) is 11.3 Å². The molecule has 1 heterocycles. The first-order valence-corrected chi connectivity index (χ1v) is 6.64. The first-order chi connectivity index (χ1) is 9.11. The Morgan fingerprint density at radius 1 is 1.53 bits per heavy atom. The number of nitrogens with one attached hydrogen (secondary N) is 1. The number of rotatable bonds is 4. The van der Waals surface area contributed by atoms with Gasteiger partial charge >= 0.3 is 5.97 Å². The fourth-order valence-corrected chi connectivity index (χ4v) is 2.21. The van der Waals surface area contributed by atoms with Gasteiger partial charge in [0.05, 0.1) is 12.3 Å². The maximum Gasteiger partial charge on any atom is 0.357 e. The lowest BCUT2D eigenvalue weighted by Gasteiger charge is -2.07. The minimum absolute atomic E-state index is 0.225. The summed E-state index contributed by atoms with van der Waals surface area (Å²) in [6, 6.07) is 4.81. The fraction of sp³-hybridized carbons (Fsp3) is 0.231. The van der Waals surface area contributed by atoms with Gasteiger partial charge in [0.2, 0.25) is 0 Å². The van der Waals surface area contributed by atoms with Crippen LogP contribution in [0.1, 0.15) is 23.0 Å². The molecule has 0 saturated carbocycles. The molecule has 1 aromatic carbocycles. The number of hydrogen-bond donors (Lipinski definition) is 1. The van der Waals surface area contributed by atoms with Crippen LogP contribution < -0.4 is 5.32 Å². The van der Waals surface area contributed by atoms with Crippen LogP contribution in [0.3, 0.4) is 0 Å². The van der Waals surface area contributed by atoms with Gasteiger partial charge in [-0.05, 0) is 25.5 Å². The Balaban J connectivity index is 2.18. The van der Waals surface area contributed by atoms with E-state index in [1.807, 2.05) is 0 Å². The molecule has 6 heteroatoms. The normalized spacial score (nSPS) is 10.3. The number of thiazole rings is 1. The molecular formula is C13H13FN2O2S. The van der Waals surface area contributed by atoms with Crippen molar-refractivity contribution in [3.05, 3.63) is 40.7 Å². The molecule has 0 aliphatic rings. The van der Waals surface area contributed by atoms with E-state index in [0.29, 0.717) is 17.4 Å². The van der Waals surface area contributed by atoms with Crippen LogP contribution in [0, 0.1) is 12.7 Å². The van der Waals surface area contributed by atoms with Crippen molar-refractivity contribution in [2.45, 2.75) is 13.8 Å². The van der Waals surface area contributed by atoms with Crippen molar-refractivity contribution in [1.29, 1.82) is 0 Å². The second kappa shape index (κ2) is 5.79. The third-order valence-electron chi connectivity index (χ3n) is 2.44. The summed E-state index contributed by atoms with van der Waals surface area (Å²) < 4.78 is 18.5. The molecule has 2 aromatic rings. The molecule has 1 aromatic heterocycles. The number of para-hydroxylation sites is 1. The van der Waals surface area contributed by atoms with E-state index in [1.165, 1.54) is 17.4 Å². The highest BCUT2D eigenvalue weighted by Crippen LogP contribution is 2.26. The lowest BCUT2D eigenvalue weighted by atomic mass is 10.2. The summed E-state index contributed by atoms with van der Waals surface area (Å²) in [5.74, 6) is -0.829. The predicted octanol–water partition coefficient (Wildman–Crippen LogP) is 3.51. The average Bonchev–Trinajstić information content (AvgIpc) is 2.83. The zero-order chi connectivity index (χ0) is 13.8. The molecule has 0 aliphatic carbocycles. The quantitative estimate of drug-likeness (QED) is 0.871. The summed E-state index contributed by atoms with van der Waals surface area (Å²) in [6.07, 6.45) is 0. The Morgan fingerprint density at radius 2 is 2.32 bits per heavy atom. The Kier molecular flexibility index (Phi) is 4.11. The molecule has 100 valence electrons. The van der Waals surface area contributed by atoms with Crippen LogP contribution in [0.4, 0.5) is 15.2 Å². The highest BCUT2D eigenvalue weighted by atomic mass is 32.1. The van der Waals surface area contributed by atoms with Crippen LogP contribution in [0.25, 0.3) is 0 Å². The highest BCUT2D eigenvalue weighted by Gasteiger charge is 2.13. The zero-order valence-corrected chi connectivity index (χ0v) is 11.4. The molecule has 4 nitrogen and oxygen atoms in total. The van der Waals surface area contributed by atoms with Crippen LogP contribution in [0.5, 0.6) is 0 Å². The van der Waals surface area contributed by atoms with Crippen molar-refractivity contribution in [1.82, 2.24) is 4.98 Å². The lowest BCUT2D eigenvalue weighted by molar-refractivity contribution is 0.0520. The smallest absolute Gasteiger partial charge is 0.357 e. The van der Waals surface area contributed by atoms with E-state index < -0.39 is 5.97 Å². The summed E-state index contributed by atoms with van der Waals surface area (Å²) in [5, 5.41) is 4.92. The fourth-order valence-electron chi connectivity index (χ4n) is 1.53. The van der Waals surface area contributed by atoms with Crippen molar-refractivity contribution in [2.75, 3.05) is 11.9 Å². The molecule has 0 fully saturated rings. The third kappa shape index (κ3) is 3.08. The minimum atomic E-state index is -0.475. The number of aromatic nitrogens is 1. The molecular weight excluding hydrogens is 267 g/mol. The van der Waals surface area contributed by atoms with Gasteiger partial charge in [0.25, 0.3) is 0 Å². The molecule has 1 N–H and O–H groups in total. The maximum atomic E-state index is 13.6. The number of benzene rings is 1. The van der Waals surface area contributed by atoms with E-state index in [9.17, 15) is 9.18 Å². The van der Waals surface area contributed by atoms with Crippen LogP contribution in [-0.2, 0) is 4.74 Å². The third-order valence-corrected chi connectivity index (χ3v) is 3.20. The number of halogens is 1. The molecule has 2 rings (SSSR count). The van der Waals surface area contributed by atoms with Gasteiger partial charge in [0.1, 0.15) is 5.82 Å². The van der Waals surface area contributed by atoms with E-state index in [-0.39, 0.29) is 11.5 Å². The van der Waals surface area contributed by atoms with Crippen LogP contribution in [-0.4, -0.2) is 17.6 Å². The van der Waals surface area contributed by atoms with E-state index in [0.717, 1.165) is 5.56 Å². The second-order valence-electron chi connectivity index (χ2n) is 3.82. The molecule has 0 atom stereocenters.